The Morgan fingerprint density at radius 1 is 0.533 bits per heavy atom. The van der Waals surface area contributed by atoms with E-state index in [4.69, 9.17) is 20.9 Å². The van der Waals surface area contributed by atoms with Crippen molar-refractivity contribution in [2.24, 2.45) is 0 Å². The minimum atomic E-state index is -0.300. The predicted molar refractivity (Wildman–Crippen MR) is 118 cm³/mol. The highest BCUT2D eigenvalue weighted by atomic mass is 16.5. The smallest absolute Gasteiger partial charge is 0.200 e. The van der Waals surface area contributed by atoms with Gasteiger partial charge in [0.2, 0.25) is 5.78 Å². The van der Waals surface area contributed by atoms with Crippen LogP contribution < -0.4 is 20.9 Å². The third kappa shape index (κ3) is 3.95. The van der Waals surface area contributed by atoms with Gasteiger partial charge in [0, 0.05) is 0 Å². The molecule has 0 radical (unpaired) electrons. The van der Waals surface area contributed by atoms with Crippen molar-refractivity contribution < 1.29 is 14.3 Å². The number of anilines is 2. The Balaban J connectivity index is 1.76. The second-order valence-electron chi connectivity index (χ2n) is 6.61. The Bertz CT molecular complexity index is 1080. The molecule has 0 aliphatic carbocycles. The molecule has 5 heteroatoms. The number of nitrogens with two attached hydrogens (primary N) is 2. The zero-order valence-electron chi connectivity index (χ0n) is 16.1. The van der Waals surface area contributed by atoms with E-state index in [0.29, 0.717) is 45.5 Å². The Morgan fingerprint density at radius 3 is 1.33 bits per heavy atom. The third-order valence-corrected chi connectivity index (χ3v) is 4.51. The molecule has 4 N–H and O–H groups in total. The summed E-state index contributed by atoms with van der Waals surface area (Å²) >= 11 is 0. The molecule has 0 aromatic heterocycles. The van der Waals surface area contributed by atoms with Gasteiger partial charge in [0.05, 0.1) is 22.5 Å². The normalized spacial score (nSPS) is 10.4. The van der Waals surface area contributed by atoms with Crippen LogP contribution in [0.4, 0.5) is 11.4 Å². The molecule has 0 spiro atoms. The van der Waals surface area contributed by atoms with E-state index >= 15 is 0 Å². The fourth-order valence-electron chi connectivity index (χ4n) is 3.05. The van der Waals surface area contributed by atoms with Crippen LogP contribution in [-0.2, 0) is 0 Å². The van der Waals surface area contributed by atoms with Crippen LogP contribution in [0.2, 0.25) is 0 Å². The Hall–Kier alpha value is -4.25. The van der Waals surface area contributed by atoms with E-state index in [0.717, 1.165) is 0 Å². The van der Waals surface area contributed by atoms with E-state index in [1.807, 2.05) is 36.4 Å². The van der Waals surface area contributed by atoms with E-state index < -0.39 is 0 Å². The maximum atomic E-state index is 13.5. The number of hydrogen-bond donors (Lipinski definition) is 2. The molecule has 0 unspecified atom stereocenters. The number of carbonyl (C=O) groups excluding carboxylic acids is 1. The minimum Gasteiger partial charge on any atom is -0.454 e. The van der Waals surface area contributed by atoms with Crippen molar-refractivity contribution in [2.75, 3.05) is 11.5 Å². The molecule has 0 heterocycles. The molecule has 4 aromatic carbocycles. The number of para-hydroxylation sites is 4. The van der Waals surface area contributed by atoms with E-state index in [2.05, 4.69) is 0 Å². The summed E-state index contributed by atoms with van der Waals surface area (Å²) in [5.74, 6) is 1.45. The maximum Gasteiger partial charge on any atom is 0.200 e. The van der Waals surface area contributed by atoms with E-state index in [-0.39, 0.29) is 5.78 Å². The molecule has 0 aliphatic heterocycles. The number of nitrogen functional groups attached to an aromatic ring is 2. The van der Waals surface area contributed by atoms with Crippen LogP contribution in [0.15, 0.2) is 97.1 Å². The highest BCUT2D eigenvalue weighted by Crippen LogP contribution is 2.37. The first-order chi connectivity index (χ1) is 14.6. The Labute approximate surface area is 174 Å². The SMILES string of the molecule is Nc1cccc(C(=O)c2cccc(N)c2Oc2ccccc2)c1Oc1ccccc1. The Kier molecular flexibility index (Phi) is 5.35. The number of rotatable bonds is 6. The number of hydrogen-bond acceptors (Lipinski definition) is 5. The molecule has 148 valence electrons. The molecule has 0 saturated heterocycles. The van der Waals surface area contributed by atoms with Gasteiger partial charge in [-0.1, -0.05) is 48.5 Å². The fourth-order valence-corrected chi connectivity index (χ4v) is 3.05. The largest absolute Gasteiger partial charge is 0.454 e. The van der Waals surface area contributed by atoms with Crippen LogP contribution in [-0.4, -0.2) is 5.78 Å². The highest BCUT2D eigenvalue weighted by molar-refractivity contribution is 6.14. The van der Waals surface area contributed by atoms with Crippen LogP contribution in [0.3, 0.4) is 0 Å². The predicted octanol–water partition coefficient (Wildman–Crippen LogP) is 5.67. The topological polar surface area (TPSA) is 87.6 Å². The van der Waals surface area contributed by atoms with Gasteiger partial charge >= 0.3 is 0 Å². The van der Waals surface area contributed by atoms with Gasteiger partial charge in [-0.25, -0.2) is 0 Å². The van der Waals surface area contributed by atoms with Crippen molar-refractivity contribution in [2.45, 2.75) is 0 Å². The molecular weight excluding hydrogens is 376 g/mol. The summed E-state index contributed by atoms with van der Waals surface area (Å²) in [5.41, 5.74) is 13.7. The maximum absolute atomic E-state index is 13.5. The van der Waals surface area contributed by atoms with Crippen LogP contribution in [0, 0.1) is 0 Å². The number of ketones is 1. The van der Waals surface area contributed by atoms with E-state index in [1.165, 1.54) is 0 Å². The molecule has 0 saturated carbocycles. The molecule has 4 aromatic rings. The molecule has 4 rings (SSSR count). The van der Waals surface area contributed by atoms with Crippen LogP contribution in [0.5, 0.6) is 23.0 Å². The van der Waals surface area contributed by atoms with Crippen molar-refractivity contribution in [3.63, 3.8) is 0 Å². The van der Waals surface area contributed by atoms with Gasteiger partial charge in [-0.3, -0.25) is 4.79 Å². The first kappa shape index (κ1) is 19.1. The van der Waals surface area contributed by atoms with Crippen molar-refractivity contribution in [3.05, 3.63) is 108 Å². The molecule has 0 fully saturated rings. The minimum absolute atomic E-state index is 0.293. The monoisotopic (exact) mass is 396 g/mol. The lowest BCUT2D eigenvalue weighted by Gasteiger charge is -2.16. The van der Waals surface area contributed by atoms with E-state index in [1.54, 1.807) is 60.7 Å². The number of ether oxygens (including phenoxy) is 2. The molecule has 5 nitrogen and oxygen atoms in total. The van der Waals surface area contributed by atoms with Crippen LogP contribution in [0.1, 0.15) is 15.9 Å². The third-order valence-electron chi connectivity index (χ3n) is 4.51. The standard InChI is InChI=1S/C25H20N2O3/c26-21-15-7-13-19(24(21)29-17-9-3-1-4-10-17)23(28)20-14-8-16-22(27)25(20)30-18-11-5-2-6-12-18/h1-16H,26-27H2. The number of benzene rings is 4. The second-order valence-corrected chi connectivity index (χ2v) is 6.61. The van der Waals surface area contributed by atoms with Crippen LogP contribution in [0.25, 0.3) is 0 Å². The van der Waals surface area contributed by atoms with Gasteiger partial charge in [0.25, 0.3) is 0 Å². The van der Waals surface area contributed by atoms with Crippen LogP contribution >= 0.6 is 0 Å². The first-order valence-electron chi connectivity index (χ1n) is 9.41. The lowest BCUT2D eigenvalue weighted by atomic mass is 10.00. The number of carbonyl (C=O) groups is 1. The highest BCUT2D eigenvalue weighted by Gasteiger charge is 2.22. The van der Waals surface area contributed by atoms with Gasteiger partial charge in [0.15, 0.2) is 11.5 Å². The lowest BCUT2D eigenvalue weighted by molar-refractivity contribution is 0.103. The van der Waals surface area contributed by atoms with Crippen molar-refractivity contribution in [1.82, 2.24) is 0 Å². The summed E-state index contributed by atoms with van der Waals surface area (Å²) in [5, 5.41) is 0. The molecule has 0 bridgehead atoms. The molecule has 0 atom stereocenters. The van der Waals surface area contributed by atoms with Gasteiger partial charge in [-0.05, 0) is 48.5 Å². The van der Waals surface area contributed by atoms with Crippen molar-refractivity contribution in [3.8, 4) is 23.0 Å². The van der Waals surface area contributed by atoms with E-state index in [9.17, 15) is 4.79 Å². The van der Waals surface area contributed by atoms with Gasteiger partial charge in [-0.2, -0.15) is 0 Å². The lowest BCUT2D eigenvalue weighted by Crippen LogP contribution is -2.08. The summed E-state index contributed by atoms with van der Waals surface area (Å²) in [6.45, 7) is 0. The summed E-state index contributed by atoms with van der Waals surface area (Å²) < 4.78 is 11.9. The zero-order valence-corrected chi connectivity index (χ0v) is 16.1. The summed E-state index contributed by atoms with van der Waals surface area (Å²) in [7, 11) is 0. The quantitative estimate of drug-likeness (QED) is 0.324. The zero-order chi connectivity index (χ0) is 20.9. The average molecular weight is 396 g/mol. The molecular formula is C25H20N2O3. The van der Waals surface area contributed by atoms with Gasteiger partial charge < -0.3 is 20.9 Å². The van der Waals surface area contributed by atoms with Gasteiger partial charge in [0.1, 0.15) is 11.5 Å². The van der Waals surface area contributed by atoms with Gasteiger partial charge in [-0.15, -0.1) is 0 Å². The summed E-state index contributed by atoms with van der Waals surface area (Å²) in [4.78, 5) is 13.5. The second kappa shape index (κ2) is 8.41. The summed E-state index contributed by atoms with van der Waals surface area (Å²) in [6, 6.07) is 28.5. The molecule has 0 aliphatic rings. The van der Waals surface area contributed by atoms with Crippen molar-refractivity contribution in [1.29, 1.82) is 0 Å². The Morgan fingerprint density at radius 2 is 0.933 bits per heavy atom. The molecule has 30 heavy (non-hydrogen) atoms. The summed E-state index contributed by atoms with van der Waals surface area (Å²) in [6.07, 6.45) is 0. The van der Waals surface area contributed by atoms with Crippen molar-refractivity contribution >= 4 is 17.2 Å². The average Bonchev–Trinajstić information content (AvgIpc) is 2.77. The fraction of sp³-hybridized carbons (Fsp3) is 0. The molecule has 0 amide bonds. The first-order valence-corrected chi connectivity index (χ1v) is 9.41.